The molecule has 0 aliphatic carbocycles. The fraction of sp³-hybridized carbons (Fsp3) is 0.360. The Bertz CT molecular complexity index is 1290. The lowest BCUT2D eigenvalue weighted by Gasteiger charge is -2.42. The van der Waals surface area contributed by atoms with Gasteiger partial charge in [-0.3, -0.25) is 14.6 Å². The number of aromatic nitrogens is 1. The SMILES string of the molecule is CN(CCO)CCN1C(=O)N2[C@H](c3cccc(O)c3)c3[nH]c4ccc(Br)cc4c3C[C@@]2(C)C1=O. The number of fused-ring (bicyclic) bond motifs is 4. The van der Waals surface area contributed by atoms with Gasteiger partial charge in [-0.2, -0.15) is 0 Å². The van der Waals surface area contributed by atoms with Gasteiger partial charge in [0.1, 0.15) is 17.3 Å². The molecule has 0 radical (unpaired) electrons. The highest BCUT2D eigenvalue weighted by molar-refractivity contribution is 9.10. The Morgan fingerprint density at radius 3 is 2.74 bits per heavy atom. The Labute approximate surface area is 205 Å². The Kier molecular flexibility index (Phi) is 5.66. The van der Waals surface area contributed by atoms with Crippen LogP contribution in [0.1, 0.15) is 29.8 Å². The molecule has 9 heteroatoms. The first-order valence-corrected chi connectivity index (χ1v) is 12.1. The number of imide groups is 1. The van der Waals surface area contributed by atoms with Crippen LogP contribution in [-0.4, -0.2) is 80.7 Å². The predicted octanol–water partition coefficient (Wildman–Crippen LogP) is 3.23. The molecule has 2 aromatic carbocycles. The van der Waals surface area contributed by atoms with Crippen LogP contribution >= 0.6 is 15.9 Å². The van der Waals surface area contributed by atoms with Gasteiger partial charge in [0.25, 0.3) is 5.91 Å². The summed E-state index contributed by atoms with van der Waals surface area (Å²) in [5.74, 6) is -0.124. The molecule has 0 saturated carbocycles. The molecule has 0 unspecified atom stereocenters. The molecule has 0 spiro atoms. The maximum absolute atomic E-state index is 13.8. The van der Waals surface area contributed by atoms with Crippen LogP contribution in [0.4, 0.5) is 4.79 Å². The van der Waals surface area contributed by atoms with E-state index in [0.29, 0.717) is 19.5 Å². The second-order valence-corrected chi connectivity index (χ2v) is 10.2. The van der Waals surface area contributed by atoms with Gasteiger partial charge in [-0.1, -0.05) is 28.1 Å². The number of aromatic amines is 1. The number of halogens is 1. The van der Waals surface area contributed by atoms with Gasteiger partial charge in [0, 0.05) is 47.1 Å². The number of aliphatic hydroxyl groups excluding tert-OH is 1. The van der Waals surface area contributed by atoms with Gasteiger partial charge in [-0.25, -0.2) is 4.79 Å². The first-order valence-electron chi connectivity index (χ1n) is 11.3. The van der Waals surface area contributed by atoms with E-state index >= 15 is 0 Å². The van der Waals surface area contributed by atoms with E-state index in [1.54, 1.807) is 23.1 Å². The van der Waals surface area contributed by atoms with Crippen molar-refractivity contribution in [1.29, 1.82) is 0 Å². The second-order valence-electron chi connectivity index (χ2n) is 9.29. The van der Waals surface area contributed by atoms with Gasteiger partial charge in [0.15, 0.2) is 0 Å². The Morgan fingerprint density at radius 1 is 1.21 bits per heavy atom. The number of H-pyrrole nitrogens is 1. The number of carbonyl (C=O) groups excluding carboxylic acids is 2. The van der Waals surface area contributed by atoms with Crippen molar-refractivity contribution in [2.75, 3.05) is 33.3 Å². The number of hydrogen-bond donors (Lipinski definition) is 3. The van der Waals surface area contributed by atoms with Crippen molar-refractivity contribution in [3.8, 4) is 5.75 Å². The lowest BCUT2D eigenvalue weighted by atomic mass is 9.81. The summed E-state index contributed by atoms with van der Waals surface area (Å²) in [6, 6.07) is 11.9. The van der Waals surface area contributed by atoms with E-state index in [1.165, 1.54) is 4.90 Å². The molecule has 3 amide bonds. The van der Waals surface area contributed by atoms with Crippen molar-refractivity contribution >= 4 is 38.8 Å². The number of carbonyl (C=O) groups is 2. The monoisotopic (exact) mass is 526 g/mol. The zero-order chi connectivity index (χ0) is 24.2. The van der Waals surface area contributed by atoms with Gasteiger partial charge in [0.05, 0.1) is 6.61 Å². The van der Waals surface area contributed by atoms with Crippen LogP contribution < -0.4 is 0 Å². The third kappa shape index (κ3) is 3.50. The maximum atomic E-state index is 13.8. The Morgan fingerprint density at radius 2 is 2.00 bits per heavy atom. The number of amides is 3. The van der Waals surface area contributed by atoms with Crippen molar-refractivity contribution in [2.24, 2.45) is 0 Å². The third-order valence-electron chi connectivity index (χ3n) is 7.00. The molecule has 1 fully saturated rings. The number of phenolic OH excluding ortho intramolecular Hbond substituents is 1. The van der Waals surface area contributed by atoms with Crippen LogP contribution in [0.3, 0.4) is 0 Å². The van der Waals surface area contributed by atoms with Crippen LogP contribution in [0.15, 0.2) is 46.9 Å². The predicted molar refractivity (Wildman–Crippen MR) is 132 cm³/mol. The summed E-state index contributed by atoms with van der Waals surface area (Å²) in [4.78, 5) is 35.9. The van der Waals surface area contributed by atoms with E-state index in [4.69, 9.17) is 0 Å². The number of aromatic hydroxyl groups is 1. The molecule has 1 saturated heterocycles. The summed E-state index contributed by atoms with van der Waals surface area (Å²) in [6.45, 7) is 3.03. The molecular formula is C25H27BrN4O4. The largest absolute Gasteiger partial charge is 0.508 e. The minimum Gasteiger partial charge on any atom is -0.508 e. The van der Waals surface area contributed by atoms with Crippen LogP contribution in [0.2, 0.25) is 0 Å². The summed E-state index contributed by atoms with van der Waals surface area (Å²) in [7, 11) is 1.85. The molecule has 2 atom stereocenters. The molecule has 34 heavy (non-hydrogen) atoms. The van der Waals surface area contributed by atoms with Gasteiger partial charge in [-0.15, -0.1) is 0 Å². The molecule has 3 heterocycles. The number of benzene rings is 2. The summed E-state index contributed by atoms with van der Waals surface area (Å²) in [5, 5.41) is 20.4. The average Bonchev–Trinajstić information content (AvgIpc) is 3.23. The quantitative estimate of drug-likeness (QED) is 0.428. The van der Waals surface area contributed by atoms with Gasteiger partial charge in [-0.05, 0) is 55.4 Å². The summed E-state index contributed by atoms with van der Waals surface area (Å²) < 4.78 is 0.936. The number of hydrogen-bond acceptors (Lipinski definition) is 5. The molecule has 0 bridgehead atoms. The second kappa shape index (κ2) is 8.41. The first kappa shape index (κ1) is 22.9. The van der Waals surface area contributed by atoms with E-state index in [2.05, 4.69) is 20.9 Å². The van der Waals surface area contributed by atoms with E-state index in [9.17, 15) is 19.8 Å². The summed E-state index contributed by atoms with van der Waals surface area (Å²) in [5.41, 5.74) is 2.47. The van der Waals surface area contributed by atoms with E-state index < -0.39 is 11.6 Å². The van der Waals surface area contributed by atoms with Crippen molar-refractivity contribution in [2.45, 2.75) is 24.9 Å². The third-order valence-corrected chi connectivity index (χ3v) is 7.49. The zero-order valence-electron chi connectivity index (χ0n) is 19.1. The van der Waals surface area contributed by atoms with Gasteiger partial charge < -0.3 is 20.1 Å². The molecule has 3 N–H and O–H groups in total. The smallest absolute Gasteiger partial charge is 0.328 e. The molecule has 2 aliphatic rings. The number of phenols is 1. The van der Waals surface area contributed by atoms with Crippen LogP contribution in [0.25, 0.3) is 10.9 Å². The van der Waals surface area contributed by atoms with E-state index in [-0.39, 0.29) is 30.8 Å². The minimum absolute atomic E-state index is 0.0130. The number of rotatable bonds is 6. The topological polar surface area (TPSA) is 100 Å². The highest BCUT2D eigenvalue weighted by Gasteiger charge is 2.60. The standard InChI is InChI=1S/C25H27BrN4O4/c1-25-14-19-18-13-16(26)6-7-20(18)27-21(19)22(15-4-3-5-17(32)12-15)30(25)24(34)29(23(25)33)9-8-28(2)10-11-31/h3-7,12-13,22,27,31-32H,8-11,14H2,1-2H3/t22-,25+/m1/s1. The van der Waals surface area contributed by atoms with Gasteiger partial charge >= 0.3 is 6.03 Å². The van der Waals surface area contributed by atoms with Crippen molar-refractivity contribution in [1.82, 2.24) is 19.7 Å². The average molecular weight is 527 g/mol. The van der Waals surface area contributed by atoms with Crippen LogP contribution in [0, 0.1) is 0 Å². The summed E-state index contributed by atoms with van der Waals surface area (Å²) >= 11 is 3.55. The highest BCUT2D eigenvalue weighted by atomic mass is 79.9. The fourth-order valence-corrected chi connectivity index (χ4v) is 5.64. The lowest BCUT2D eigenvalue weighted by Crippen LogP contribution is -2.53. The Hall–Kier alpha value is -2.88. The molecule has 178 valence electrons. The van der Waals surface area contributed by atoms with E-state index in [0.717, 1.165) is 32.2 Å². The van der Waals surface area contributed by atoms with Crippen molar-refractivity contribution < 1.29 is 19.8 Å². The molecule has 2 aliphatic heterocycles. The maximum Gasteiger partial charge on any atom is 0.328 e. The molecule has 5 rings (SSSR count). The van der Waals surface area contributed by atoms with Gasteiger partial charge in [0.2, 0.25) is 0 Å². The number of urea groups is 1. The lowest BCUT2D eigenvalue weighted by molar-refractivity contribution is -0.133. The Balaban J connectivity index is 1.64. The molecule has 3 aromatic rings. The summed E-state index contributed by atoms with van der Waals surface area (Å²) in [6.07, 6.45) is 0.391. The van der Waals surface area contributed by atoms with Crippen LogP contribution in [-0.2, 0) is 11.2 Å². The van der Waals surface area contributed by atoms with Crippen LogP contribution in [0.5, 0.6) is 5.75 Å². The minimum atomic E-state index is -1.06. The normalized spacial score (nSPS) is 22.1. The van der Waals surface area contributed by atoms with Crippen molar-refractivity contribution in [3.63, 3.8) is 0 Å². The number of likely N-dealkylation sites (N-methyl/N-ethyl adjacent to an activating group) is 1. The zero-order valence-corrected chi connectivity index (χ0v) is 20.7. The highest BCUT2D eigenvalue weighted by Crippen LogP contribution is 2.49. The molecular weight excluding hydrogens is 500 g/mol. The first-order chi connectivity index (χ1) is 16.2. The molecule has 8 nitrogen and oxygen atoms in total. The van der Waals surface area contributed by atoms with E-state index in [1.807, 2.05) is 43.1 Å². The van der Waals surface area contributed by atoms with Crippen molar-refractivity contribution in [3.05, 3.63) is 63.8 Å². The fourth-order valence-electron chi connectivity index (χ4n) is 5.28. The molecule has 1 aromatic heterocycles. The number of nitrogens with zero attached hydrogens (tertiary/aromatic N) is 3. The number of nitrogens with one attached hydrogen (secondary N) is 1. The number of aliphatic hydroxyl groups is 1.